The van der Waals surface area contributed by atoms with Gasteiger partial charge in [0.2, 0.25) is 10.0 Å². The van der Waals surface area contributed by atoms with Crippen LogP contribution in [-0.2, 0) is 16.6 Å². The summed E-state index contributed by atoms with van der Waals surface area (Å²) in [6.45, 7) is 4.14. The van der Waals surface area contributed by atoms with Gasteiger partial charge in [-0.1, -0.05) is 18.2 Å². The van der Waals surface area contributed by atoms with Crippen LogP contribution in [0.4, 0.5) is 0 Å². The van der Waals surface area contributed by atoms with Crippen LogP contribution in [0.15, 0.2) is 28.3 Å². The number of aryl methyl sites for hydroxylation is 1. The van der Waals surface area contributed by atoms with Crippen LogP contribution in [0.2, 0.25) is 0 Å². The van der Waals surface area contributed by atoms with Crippen molar-refractivity contribution in [3.63, 3.8) is 0 Å². The number of rotatable bonds is 4. The Bertz CT molecular complexity index is 777. The first-order chi connectivity index (χ1) is 10.6. The Morgan fingerprint density at radius 1 is 1.23 bits per heavy atom. The van der Waals surface area contributed by atoms with Crippen molar-refractivity contribution in [2.45, 2.75) is 42.8 Å². The molecule has 1 aliphatic rings. The van der Waals surface area contributed by atoms with Crippen LogP contribution in [0.5, 0.6) is 0 Å². The fraction of sp³-hybridized carbons (Fsp3) is 0.533. The number of aromatic nitrogens is 2. The Hall–Kier alpha value is -1.05. The van der Waals surface area contributed by atoms with Crippen molar-refractivity contribution < 1.29 is 8.42 Å². The Morgan fingerprint density at radius 2 is 1.95 bits per heavy atom. The lowest BCUT2D eigenvalue weighted by Crippen LogP contribution is -2.35. The van der Waals surface area contributed by atoms with Crippen molar-refractivity contribution in [1.29, 1.82) is 0 Å². The van der Waals surface area contributed by atoms with Crippen LogP contribution in [0.1, 0.15) is 26.2 Å². The summed E-state index contributed by atoms with van der Waals surface area (Å²) in [5, 5.41) is 0.921. The van der Waals surface area contributed by atoms with Crippen molar-refractivity contribution in [3.05, 3.63) is 18.2 Å². The molecule has 0 atom stereocenters. The van der Waals surface area contributed by atoms with Crippen LogP contribution in [-0.4, -0.2) is 41.6 Å². The van der Waals surface area contributed by atoms with E-state index in [9.17, 15) is 8.42 Å². The third-order valence-corrected chi connectivity index (χ3v) is 6.71. The zero-order valence-electron chi connectivity index (χ0n) is 12.9. The van der Waals surface area contributed by atoms with Crippen LogP contribution in [0.25, 0.3) is 11.0 Å². The van der Waals surface area contributed by atoms with Gasteiger partial charge in [0.15, 0.2) is 5.16 Å². The fourth-order valence-corrected chi connectivity index (χ4v) is 5.14. The predicted molar refractivity (Wildman–Crippen MR) is 89.8 cm³/mol. The summed E-state index contributed by atoms with van der Waals surface area (Å²) in [5.74, 6) is 0. The maximum absolute atomic E-state index is 12.7. The van der Waals surface area contributed by atoms with E-state index < -0.39 is 10.0 Å². The number of imidazole rings is 1. The summed E-state index contributed by atoms with van der Waals surface area (Å²) < 4.78 is 29.2. The van der Waals surface area contributed by atoms with E-state index in [4.69, 9.17) is 0 Å². The van der Waals surface area contributed by atoms with Gasteiger partial charge in [-0.25, -0.2) is 13.4 Å². The Morgan fingerprint density at radius 3 is 2.59 bits per heavy atom. The van der Waals surface area contributed by atoms with E-state index in [-0.39, 0.29) is 0 Å². The molecule has 0 spiro atoms. The Labute approximate surface area is 135 Å². The van der Waals surface area contributed by atoms with Crippen molar-refractivity contribution in [2.24, 2.45) is 0 Å². The summed E-state index contributed by atoms with van der Waals surface area (Å²) in [6.07, 6.45) is 4.99. The van der Waals surface area contributed by atoms with Gasteiger partial charge in [-0.3, -0.25) is 0 Å². The average molecular weight is 339 g/mol. The van der Waals surface area contributed by atoms with Crippen molar-refractivity contribution >= 4 is 32.8 Å². The van der Waals surface area contributed by atoms with Gasteiger partial charge in [0, 0.05) is 19.6 Å². The standard InChI is InChI=1S/C15H21N3O2S2/c1-3-18-14-8-7-12(11-13(14)16-15(18)21-2)22(19,20)17-9-5-4-6-10-17/h7-8,11H,3-6,9-10H2,1-2H3. The number of thioether (sulfide) groups is 1. The minimum absolute atomic E-state index is 0.357. The lowest BCUT2D eigenvalue weighted by atomic mass is 10.2. The first-order valence-electron chi connectivity index (χ1n) is 7.62. The highest BCUT2D eigenvalue weighted by molar-refractivity contribution is 7.98. The molecule has 1 aromatic heterocycles. The molecule has 1 saturated heterocycles. The number of fused-ring (bicyclic) bond motifs is 1. The van der Waals surface area contributed by atoms with Gasteiger partial charge in [-0.2, -0.15) is 4.31 Å². The Kier molecular flexibility index (Phi) is 4.47. The number of sulfonamides is 1. The molecule has 120 valence electrons. The largest absolute Gasteiger partial charge is 0.319 e. The van der Waals surface area contributed by atoms with Gasteiger partial charge >= 0.3 is 0 Å². The van der Waals surface area contributed by atoms with Gasteiger partial charge in [-0.15, -0.1) is 0 Å². The lowest BCUT2D eigenvalue weighted by Gasteiger charge is -2.25. The zero-order valence-corrected chi connectivity index (χ0v) is 14.6. The number of benzene rings is 1. The summed E-state index contributed by atoms with van der Waals surface area (Å²) >= 11 is 1.58. The molecule has 0 N–H and O–H groups in total. The molecule has 1 aliphatic heterocycles. The molecule has 1 fully saturated rings. The van der Waals surface area contributed by atoms with Crippen molar-refractivity contribution in [2.75, 3.05) is 19.3 Å². The molecule has 7 heteroatoms. The summed E-state index contributed by atoms with van der Waals surface area (Å²) in [4.78, 5) is 4.92. The van der Waals surface area contributed by atoms with Gasteiger partial charge in [0.25, 0.3) is 0 Å². The first kappa shape index (κ1) is 15.8. The van der Waals surface area contributed by atoms with Crippen LogP contribution >= 0.6 is 11.8 Å². The second-order valence-corrected chi connectivity index (χ2v) is 8.17. The molecular formula is C15H21N3O2S2. The van der Waals surface area contributed by atoms with E-state index in [0.29, 0.717) is 18.0 Å². The summed E-state index contributed by atoms with van der Waals surface area (Å²) in [6, 6.07) is 5.30. The Balaban J connectivity index is 2.04. The van der Waals surface area contributed by atoms with Crippen LogP contribution in [0.3, 0.4) is 0 Å². The topological polar surface area (TPSA) is 55.2 Å². The van der Waals surface area contributed by atoms with Crippen LogP contribution < -0.4 is 0 Å². The maximum Gasteiger partial charge on any atom is 0.243 e. The highest BCUT2D eigenvalue weighted by Crippen LogP contribution is 2.27. The van der Waals surface area contributed by atoms with E-state index in [1.54, 1.807) is 28.2 Å². The minimum atomic E-state index is -3.39. The molecule has 0 radical (unpaired) electrons. The molecular weight excluding hydrogens is 318 g/mol. The van der Waals surface area contributed by atoms with Crippen LogP contribution in [0, 0.1) is 0 Å². The normalized spacial score (nSPS) is 17.2. The van der Waals surface area contributed by atoms with E-state index in [1.807, 2.05) is 12.3 Å². The molecule has 2 heterocycles. The molecule has 0 aliphatic carbocycles. The number of piperidine rings is 1. The van der Waals surface area contributed by atoms with Gasteiger partial charge in [0.1, 0.15) is 0 Å². The monoisotopic (exact) mass is 339 g/mol. The second-order valence-electron chi connectivity index (χ2n) is 5.46. The highest BCUT2D eigenvalue weighted by atomic mass is 32.2. The number of hydrogen-bond donors (Lipinski definition) is 0. The predicted octanol–water partition coefficient (Wildman–Crippen LogP) is 2.95. The molecule has 0 bridgehead atoms. The van der Waals surface area contributed by atoms with E-state index in [0.717, 1.165) is 42.0 Å². The van der Waals surface area contributed by atoms with Crippen molar-refractivity contribution in [1.82, 2.24) is 13.9 Å². The quantitative estimate of drug-likeness (QED) is 0.804. The molecule has 3 rings (SSSR count). The molecule has 0 amide bonds. The third kappa shape index (κ3) is 2.66. The number of nitrogens with zero attached hydrogens (tertiary/aromatic N) is 3. The maximum atomic E-state index is 12.7. The van der Waals surface area contributed by atoms with E-state index >= 15 is 0 Å². The third-order valence-electron chi connectivity index (χ3n) is 4.14. The molecule has 22 heavy (non-hydrogen) atoms. The smallest absolute Gasteiger partial charge is 0.243 e. The minimum Gasteiger partial charge on any atom is -0.319 e. The molecule has 5 nitrogen and oxygen atoms in total. The number of hydrogen-bond acceptors (Lipinski definition) is 4. The molecule has 1 aromatic carbocycles. The first-order valence-corrected chi connectivity index (χ1v) is 10.3. The highest BCUT2D eigenvalue weighted by Gasteiger charge is 2.26. The average Bonchev–Trinajstić information content (AvgIpc) is 2.92. The second kappa shape index (κ2) is 6.22. The summed E-state index contributed by atoms with van der Waals surface area (Å²) in [7, 11) is -3.39. The lowest BCUT2D eigenvalue weighted by molar-refractivity contribution is 0.346. The zero-order chi connectivity index (χ0) is 15.7. The van der Waals surface area contributed by atoms with Gasteiger partial charge < -0.3 is 4.57 Å². The SMILES string of the molecule is CCn1c(SC)nc2cc(S(=O)(=O)N3CCCCC3)ccc21. The molecule has 0 saturated carbocycles. The molecule has 2 aromatic rings. The van der Waals surface area contributed by atoms with Gasteiger partial charge in [-0.05, 0) is 44.2 Å². The van der Waals surface area contributed by atoms with E-state index in [1.165, 1.54) is 0 Å². The molecule has 0 unspecified atom stereocenters. The fourth-order valence-electron chi connectivity index (χ4n) is 2.96. The summed E-state index contributed by atoms with van der Waals surface area (Å²) in [5.41, 5.74) is 1.74. The van der Waals surface area contributed by atoms with Crippen molar-refractivity contribution in [3.8, 4) is 0 Å². The van der Waals surface area contributed by atoms with E-state index in [2.05, 4.69) is 16.5 Å². The van der Waals surface area contributed by atoms with Gasteiger partial charge in [0.05, 0.1) is 15.9 Å².